The molecule has 5 rings (SSSR count). The van der Waals surface area contributed by atoms with Gasteiger partial charge < -0.3 is 20.7 Å². The predicted molar refractivity (Wildman–Crippen MR) is 180 cm³/mol. The number of nitrogens with two attached hydrogens (primary N) is 1. The summed E-state index contributed by atoms with van der Waals surface area (Å²) in [6, 6.07) is 21.9. The van der Waals surface area contributed by atoms with E-state index in [0.717, 1.165) is 15.3 Å². The Morgan fingerprint density at radius 2 is 1.68 bits per heavy atom. The van der Waals surface area contributed by atoms with Gasteiger partial charge in [-0.25, -0.2) is 8.42 Å². The van der Waals surface area contributed by atoms with Crippen molar-refractivity contribution in [3.8, 4) is 0 Å². The first-order valence-corrected chi connectivity index (χ1v) is 17.3. The number of anilines is 1. The smallest absolute Gasteiger partial charge is 0.311 e. The topological polar surface area (TPSA) is 172 Å². The molecule has 13 heteroatoms. The summed E-state index contributed by atoms with van der Waals surface area (Å²) in [7, 11) is -3.78. The third-order valence-corrected chi connectivity index (χ3v) is 10.2. The number of rotatable bonds is 12. The average molecular weight is 674 g/mol. The molecule has 0 unspecified atom stereocenters. The van der Waals surface area contributed by atoms with Crippen LogP contribution in [0.3, 0.4) is 0 Å². The number of amidine groups is 1. The fraction of sp³-hybridized carbons (Fsp3) is 0.235. The van der Waals surface area contributed by atoms with Crippen molar-refractivity contribution in [3.63, 3.8) is 0 Å². The van der Waals surface area contributed by atoms with Crippen molar-refractivity contribution >= 4 is 50.7 Å². The van der Waals surface area contributed by atoms with Gasteiger partial charge in [0.25, 0.3) is 15.9 Å². The van der Waals surface area contributed by atoms with E-state index in [1.54, 1.807) is 89.9 Å². The van der Waals surface area contributed by atoms with E-state index in [0.29, 0.717) is 48.5 Å². The number of sulfonamides is 1. The Hall–Kier alpha value is -5.01. The number of benzene rings is 3. The van der Waals surface area contributed by atoms with Crippen LogP contribution in [0.5, 0.6) is 0 Å². The fourth-order valence-electron chi connectivity index (χ4n) is 5.25. The minimum Gasteiger partial charge on any atom is -0.466 e. The minimum atomic E-state index is -3.78. The maximum absolute atomic E-state index is 14.0. The number of esters is 1. The molecule has 0 saturated heterocycles. The Morgan fingerprint density at radius 3 is 2.34 bits per heavy atom. The number of hydrogen-bond donors (Lipinski definition) is 4. The van der Waals surface area contributed by atoms with Crippen LogP contribution in [0, 0.1) is 5.41 Å². The van der Waals surface area contributed by atoms with E-state index >= 15 is 0 Å². The highest BCUT2D eigenvalue weighted by Crippen LogP contribution is 2.29. The molecule has 5 N–H and O–H groups in total. The van der Waals surface area contributed by atoms with Gasteiger partial charge in [-0.1, -0.05) is 42.5 Å². The van der Waals surface area contributed by atoms with Crippen LogP contribution >= 0.6 is 11.3 Å². The van der Waals surface area contributed by atoms with Crippen molar-refractivity contribution in [2.75, 3.05) is 17.9 Å². The molecular weight excluding hydrogens is 639 g/mol. The molecule has 0 radical (unpaired) electrons. The lowest BCUT2D eigenvalue weighted by Crippen LogP contribution is -2.50. The molecule has 1 atom stereocenters. The highest BCUT2D eigenvalue weighted by Gasteiger charge is 2.30. The summed E-state index contributed by atoms with van der Waals surface area (Å²) in [4.78, 5) is 43.2. The quantitative estimate of drug-likeness (QED) is 0.100. The van der Waals surface area contributed by atoms with Crippen molar-refractivity contribution in [1.82, 2.24) is 10.2 Å². The molecule has 0 bridgehead atoms. The zero-order valence-corrected chi connectivity index (χ0v) is 27.3. The summed E-state index contributed by atoms with van der Waals surface area (Å²) in [6.07, 6.45) is 0.957. The van der Waals surface area contributed by atoms with Gasteiger partial charge in [0, 0.05) is 46.1 Å². The molecular formula is C34H35N5O6S2. The van der Waals surface area contributed by atoms with Crippen LogP contribution < -0.4 is 15.8 Å². The van der Waals surface area contributed by atoms with Crippen LogP contribution in [0.2, 0.25) is 0 Å². The molecule has 0 saturated carbocycles. The van der Waals surface area contributed by atoms with Crippen molar-refractivity contribution in [3.05, 3.63) is 117 Å². The molecule has 0 spiro atoms. The first kappa shape index (κ1) is 33.4. The monoisotopic (exact) mass is 673 g/mol. The predicted octanol–water partition coefficient (Wildman–Crippen LogP) is 3.86. The van der Waals surface area contributed by atoms with Crippen LogP contribution in [0.15, 0.2) is 89.8 Å². The number of thiophene rings is 1. The lowest BCUT2D eigenvalue weighted by molar-refractivity contribution is -0.142. The summed E-state index contributed by atoms with van der Waals surface area (Å²) < 4.78 is 33.2. The zero-order chi connectivity index (χ0) is 33.6. The second-order valence-corrected chi connectivity index (χ2v) is 13.9. The molecule has 2 heterocycles. The SMILES string of the molecule is CCOC(=O)Cc1cc2c(s1)CCN(C(=O)[C@H](Cc1ccc(NS(=O)(=O)c3ccccc3)cc1)NC(=O)c1ccc(C(=N)N)cc1)C2. The third kappa shape index (κ3) is 8.43. The Labute approximate surface area is 277 Å². The van der Waals surface area contributed by atoms with Crippen LogP contribution in [-0.4, -0.2) is 56.1 Å². The molecule has 1 aliphatic rings. The Morgan fingerprint density at radius 1 is 1.00 bits per heavy atom. The molecule has 0 fully saturated rings. The standard InChI is InChI=1S/C34H35N5O6S2/c1-2-45-31(40)20-27-19-25-21-39(17-16-30(25)46-27)34(42)29(37-33(41)24-12-10-23(11-13-24)32(35)36)18-22-8-14-26(15-9-22)38-47(43,44)28-6-4-3-5-7-28/h3-15,19,29,38H,2,16-18,20-21H2,1H3,(H3,35,36)(H,37,41)/t29-/m0/s1. The maximum atomic E-state index is 14.0. The highest BCUT2D eigenvalue weighted by molar-refractivity contribution is 7.92. The van der Waals surface area contributed by atoms with Gasteiger partial charge in [-0.2, -0.15) is 0 Å². The second kappa shape index (κ2) is 14.6. The average Bonchev–Trinajstić information content (AvgIpc) is 3.46. The number of nitrogens with one attached hydrogen (secondary N) is 3. The molecule has 244 valence electrons. The number of hydrogen-bond acceptors (Lipinski definition) is 8. The van der Waals surface area contributed by atoms with Gasteiger partial charge in [-0.05, 0) is 66.9 Å². The van der Waals surface area contributed by atoms with Crippen molar-refractivity contribution in [1.29, 1.82) is 5.41 Å². The van der Waals surface area contributed by atoms with Gasteiger partial charge >= 0.3 is 5.97 Å². The van der Waals surface area contributed by atoms with Gasteiger partial charge in [-0.3, -0.25) is 24.5 Å². The lowest BCUT2D eigenvalue weighted by Gasteiger charge is -2.31. The van der Waals surface area contributed by atoms with E-state index in [9.17, 15) is 22.8 Å². The molecule has 3 aromatic carbocycles. The van der Waals surface area contributed by atoms with Crippen LogP contribution in [-0.2, 0) is 50.2 Å². The summed E-state index contributed by atoms with van der Waals surface area (Å²) in [6.45, 7) is 2.86. The Balaban J connectivity index is 1.33. The van der Waals surface area contributed by atoms with Crippen LogP contribution in [0.25, 0.3) is 0 Å². The normalized spacial score (nSPS) is 13.3. The first-order chi connectivity index (χ1) is 22.5. The van der Waals surface area contributed by atoms with E-state index in [2.05, 4.69) is 10.0 Å². The van der Waals surface area contributed by atoms with E-state index in [4.69, 9.17) is 15.9 Å². The molecule has 1 aromatic heterocycles. The fourth-order valence-corrected chi connectivity index (χ4v) is 7.48. The van der Waals surface area contributed by atoms with Crippen molar-refractivity contribution in [2.24, 2.45) is 5.73 Å². The molecule has 2 amide bonds. The number of amides is 2. The van der Waals surface area contributed by atoms with Gasteiger partial charge in [0.15, 0.2) is 0 Å². The second-order valence-electron chi connectivity index (χ2n) is 11.0. The number of nitrogens with zero attached hydrogens (tertiary/aromatic N) is 1. The molecule has 0 aliphatic carbocycles. The molecule has 4 aromatic rings. The zero-order valence-electron chi connectivity index (χ0n) is 25.7. The number of ether oxygens (including phenoxy) is 1. The largest absolute Gasteiger partial charge is 0.466 e. The Kier molecular flexibility index (Phi) is 10.4. The molecule has 11 nitrogen and oxygen atoms in total. The first-order valence-electron chi connectivity index (χ1n) is 15.0. The minimum absolute atomic E-state index is 0.122. The van der Waals surface area contributed by atoms with Gasteiger partial charge in [0.1, 0.15) is 11.9 Å². The van der Waals surface area contributed by atoms with E-state index in [-0.39, 0.29) is 35.4 Å². The van der Waals surface area contributed by atoms with Gasteiger partial charge in [0.2, 0.25) is 5.91 Å². The van der Waals surface area contributed by atoms with E-state index < -0.39 is 22.0 Å². The number of carbonyl (C=O) groups is 3. The summed E-state index contributed by atoms with van der Waals surface area (Å²) in [5.41, 5.74) is 8.36. The lowest BCUT2D eigenvalue weighted by atomic mass is 10.0. The Bertz CT molecular complexity index is 1870. The number of carbonyl (C=O) groups excluding carboxylic acids is 3. The van der Waals surface area contributed by atoms with Crippen molar-refractivity contribution in [2.45, 2.75) is 43.7 Å². The molecule has 1 aliphatic heterocycles. The van der Waals surface area contributed by atoms with E-state index in [1.807, 2.05) is 6.07 Å². The summed E-state index contributed by atoms with van der Waals surface area (Å²) in [5, 5.41) is 10.5. The third-order valence-electron chi connectivity index (χ3n) is 7.61. The number of fused-ring (bicyclic) bond motifs is 1. The summed E-state index contributed by atoms with van der Waals surface area (Å²) >= 11 is 1.55. The van der Waals surface area contributed by atoms with Gasteiger partial charge in [-0.15, -0.1) is 11.3 Å². The number of nitrogen functional groups attached to an aromatic ring is 1. The maximum Gasteiger partial charge on any atom is 0.311 e. The summed E-state index contributed by atoms with van der Waals surface area (Å²) in [5.74, 6) is -1.15. The molecule has 47 heavy (non-hydrogen) atoms. The van der Waals surface area contributed by atoms with Gasteiger partial charge in [0.05, 0.1) is 17.9 Å². The van der Waals surface area contributed by atoms with E-state index in [1.165, 1.54) is 12.1 Å². The van der Waals surface area contributed by atoms with Crippen LogP contribution in [0.1, 0.15) is 43.7 Å². The van der Waals surface area contributed by atoms with Crippen LogP contribution in [0.4, 0.5) is 5.69 Å². The highest BCUT2D eigenvalue weighted by atomic mass is 32.2. The van der Waals surface area contributed by atoms with Crippen molar-refractivity contribution < 1.29 is 27.5 Å².